The van der Waals surface area contributed by atoms with E-state index in [4.69, 9.17) is 0 Å². The van der Waals surface area contributed by atoms with Crippen molar-refractivity contribution in [2.45, 2.75) is 32.4 Å². The predicted molar refractivity (Wildman–Crippen MR) is 66.7 cm³/mol. The zero-order chi connectivity index (χ0) is 12.5. The van der Waals surface area contributed by atoms with Crippen LogP contribution >= 0.6 is 0 Å². The Morgan fingerprint density at radius 3 is 2.76 bits per heavy atom. The molecule has 0 fully saturated rings. The normalized spacial score (nSPS) is 13.9. The van der Waals surface area contributed by atoms with Crippen LogP contribution in [0.2, 0.25) is 0 Å². The van der Waals surface area contributed by atoms with E-state index in [2.05, 4.69) is 45.8 Å². The highest BCUT2D eigenvalue weighted by Gasteiger charge is 2.24. The Labute approximate surface area is 101 Å². The quantitative estimate of drug-likeness (QED) is 0.844. The number of aromatic nitrogens is 4. The molecule has 2 aromatic heterocycles. The third-order valence-electron chi connectivity index (χ3n) is 3.35. The Balaban J connectivity index is 2.38. The second kappa shape index (κ2) is 4.33. The minimum absolute atomic E-state index is 0.103. The second-order valence-electron chi connectivity index (χ2n) is 4.77. The van der Waals surface area contributed by atoms with E-state index in [1.165, 1.54) is 0 Å². The van der Waals surface area contributed by atoms with Gasteiger partial charge in [0.05, 0.1) is 36.0 Å². The van der Waals surface area contributed by atoms with Gasteiger partial charge >= 0.3 is 0 Å². The summed E-state index contributed by atoms with van der Waals surface area (Å²) in [4.78, 5) is 4.26. The molecule has 2 rings (SSSR count). The molecule has 0 spiro atoms. The fourth-order valence-electron chi connectivity index (χ4n) is 1.88. The molecule has 0 aliphatic rings. The molecule has 5 heteroatoms. The summed E-state index contributed by atoms with van der Waals surface area (Å²) >= 11 is 0. The molecule has 17 heavy (non-hydrogen) atoms. The van der Waals surface area contributed by atoms with Crippen molar-refractivity contribution < 1.29 is 0 Å². The largest absolute Gasteiger partial charge is 0.325 e. The maximum absolute atomic E-state index is 4.26. The van der Waals surface area contributed by atoms with Gasteiger partial charge in [0.25, 0.3) is 0 Å². The van der Waals surface area contributed by atoms with Crippen LogP contribution in [0, 0.1) is 0 Å². The van der Waals surface area contributed by atoms with Gasteiger partial charge in [-0.15, -0.1) is 0 Å². The Bertz CT molecular complexity index is 469. The standard InChI is InChI=1S/C12H19N5/c1-9(10-5-15-16-6-10)17-8-14-7-11(17)12(2,3)13-4/h5-9,13H,1-4H3,(H,15,16). The van der Waals surface area contributed by atoms with Crippen LogP contribution in [0.1, 0.15) is 38.1 Å². The fraction of sp³-hybridized carbons (Fsp3) is 0.500. The highest BCUT2D eigenvalue weighted by Crippen LogP contribution is 2.25. The van der Waals surface area contributed by atoms with E-state index < -0.39 is 0 Å². The lowest BCUT2D eigenvalue weighted by molar-refractivity contribution is 0.401. The first-order valence-corrected chi connectivity index (χ1v) is 5.76. The van der Waals surface area contributed by atoms with Crippen molar-refractivity contribution in [3.8, 4) is 0 Å². The van der Waals surface area contributed by atoms with E-state index >= 15 is 0 Å². The third kappa shape index (κ3) is 2.10. The smallest absolute Gasteiger partial charge is 0.0954 e. The Morgan fingerprint density at radius 1 is 1.41 bits per heavy atom. The van der Waals surface area contributed by atoms with Crippen molar-refractivity contribution in [3.05, 3.63) is 36.2 Å². The van der Waals surface area contributed by atoms with E-state index in [0.29, 0.717) is 0 Å². The first-order valence-electron chi connectivity index (χ1n) is 5.76. The number of H-pyrrole nitrogens is 1. The molecule has 2 N–H and O–H groups in total. The number of rotatable bonds is 4. The van der Waals surface area contributed by atoms with Gasteiger partial charge in [0.1, 0.15) is 0 Å². The zero-order valence-corrected chi connectivity index (χ0v) is 10.7. The predicted octanol–water partition coefficient (Wildman–Crippen LogP) is 1.67. The lowest BCUT2D eigenvalue weighted by atomic mass is 10.0. The van der Waals surface area contributed by atoms with Crippen LogP contribution in [-0.4, -0.2) is 26.8 Å². The number of hydrogen-bond donors (Lipinski definition) is 2. The lowest BCUT2D eigenvalue weighted by Crippen LogP contribution is -2.35. The zero-order valence-electron chi connectivity index (χ0n) is 10.7. The summed E-state index contributed by atoms with van der Waals surface area (Å²) in [7, 11) is 1.96. The van der Waals surface area contributed by atoms with Crippen LogP contribution in [0.5, 0.6) is 0 Å². The van der Waals surface area contributed by atoms with Crippen LogP contribution in [-0.2, 0) is 5.54 Å². The molecule has 2 aromatic rings. The van der Waals surface area contributed by atoms with Crippen LogP contribution in [0.25, 0.3) is 0 Å². The average molecular weight is 233 g/mol. The van der Waals surface area contributed by atoms with Crippen molar-refractivity contribution in [2.75, 3.05) is 7.05 Å². The summed E-state index contributed by atoms with van der Waals surface area (Å²) < 4.78 is 2.17. The summed E-state index contributed by atoms with van der Waals surface area (Å²) in [6, 6.07) is 0.221. The molecule has 0 amide bonds. The molecule has 0 aliphatic carbocycles. The minimum atomic E-state index is -0.103. The lowest BCUT2D eigenvalue weighted by Gasteiger charge is -2.27. The molecule has 0 bridgehead atoms. The molecular weight excluding hydrogens is 214 g/mol. The monoisotopic (exact) mass is 233 g/mol. The van der Waals surface area contributed by atoms with Gasteiger partial charge in [-0.1, -0.05) is 0 Å². The third-order valence-corrected chi connectivity index (χ3v) is 3.35. The maximum atomic E-state index is 4.26. The van der Waals surface area contributed by atoms with Gasteiger partial charge in [-0.2, -0.15) is 5.10 Å². The van der Waals surface area contributed by atoms with Crippen LogP contribution in [0.15, 0.2) is 24.9 Å². The molecule has 0 radical (unpaired) electrons. The highest BCUT2D eigenvalue weighted by atomic mass is 15.1. The summed E-state index contributed by atoms with van der Waals surface area (Å²) in [5.41, 5.74) is 2.21. The Morgan fingerprint density at radius 2 is 2.18 bits per heavy atom. The molecule has 1 atom stereocenters. The molecule has 0 saturated carbocycles. The average Bonchev–Trinajstić information content (AvgIpc) is 2.99. The van der Waals surface area contributed by atoms with E-state index in [9.17, 15) is 0 Å². The van der Waals surface area contributed by atoms with Crippen molar-refractivity contribution >= 4 is 0 Å². The van der Waals surface area contributed by atoms with Gasteiger partial charge in [0.2, 0.25) is 0 Å². The summed E-state index contributed by atoms with van der Waals surface area (Å²) in [6.07, 6.45) is 7.54. The van der Waals surface area contributed by atoms with Crippen molar-refractivity contribution in [2.24, 2.45) is 0 Å². The molecule has 0 aliphatic heterocycles. The number of nitrogens with one attached hydrogen (secondary N) is 2. The van der Waals surface area contributed by atoms with Crippen LogP contribution < -0.4 is 5.32 Å². The first kappa shape index (κ1) is 11.9. The maximum Gasteiger partial charge on any atom is 0.0954 e. The topological polar surface area (TPSA) is 58.5 Å². The van der Waals surface area contributed by atoms with E-state index in [-0.39, 0.29) is 11.6 Å². The number of aromatic amines is 1. The van der Waals surface area contributed by atoms with Crippen LogP contribution in [0.3, 0.4) is 0 Å². The van der Waals surface area contributed by atoms with E-state index in [1.54, 1.807) is 0 Å². The van der Waals surface area contributed by atoms with Gasteiger partial charge in [-0.3, -0.25) is 5.10 Å². The van der Waals surface area contributed by atoms with E-state index in [1.807, 2.05) is 32.0 Å². The number of imidazole rings is 1. The van der Waals surface area contributed by atoms with Crippen molar-refractivity contribution in [1.82, 2.24) is 25.1 Å². The summed E-state index contributed by atoms with van der Waals surface area (Å²) in [6.45, 7) is 6.42. The molecular formula is C12H19N5. The SMILES string of the molecule is CNC(C)(C)c1cncn1C(C)c1cn[nH]c1. The van der Waals surface area contributed by atoms with Gasteiger partial charge in [0.15, 0.2) is 0 Å². The highest BCUT2D eigenvalue weighted by molar-refractivity contribution is 5.17. The van der Waals surface area contributed by atoms with Crippen molar-refractivity contribution in [1.29, 1.82) is 0 Å². The molecule has 0 saturated heterocycles. The van der Waals surface area contributed by atoms with Gasteiger partial charge in [-0.05, 0) is 27.8 Å². The van der Waals surface area contributed by atoms with Gasteiger partial charge in [0, 0.05) is 11.8 Å². The minimum Gasteiger partial charge on any atom is -0.325 e. The number of hydrogen-bond acceptors (Lipinski definition) is 3. The summed E-state index contributed by atoms with van der Waals surface area (Å²) in [5, 5.41) is 10.1. The molecule has 2 heterocycles. The van der Waals surface area contributed by atoms with Crippen molar-refractivity contribution in [3.63, 3.8) is 0 Å². The molecule has 0 aromatic carbocycles. The Kier molecular flexibility index (Phi) is 3.02. The second-order valence-corrected chi connectivity index (χ2v) is 4.77. The van der Waals surface area contributed by atoms with Gasteiger partial charge in [-0.25, -0.2) is 4.98 Å². The first-order chi connectivity index (χ1) is 8.06. The fourth-order valence-corrected chi connectivity index (χ4v) is 1.88. The van der Waals surface area contributed by atoms with E-state index in [0.717, 1.165) is 11.3 Å². The molecule has 92 valence electrons. The van der Waals surface area contributed by atoms with Gasteiger partial charge < -0.3 is 9.88 Å². The van der Waals surface area contributed by atoms with Crippen LogP contribution in [0.4, 0.5) is 0 Å². The molecule has 1 unspecified atom stereocenters. The molecule has 5 nitrogen and oxygen atoms in total. The summed E-state index contributed by atoms with van der Waals surface area (Å²) in [5.74, 6) is 0. The number of nitrogens with zero attached hydrogens (tertiary/aromatic N) is 3. The Hall–Kier alpha value is -1.62.